The third-order valence-corrected chi connectivity index (χ3v) is 4.37. The molecule has 6 nitrogen and oxygen atoms in total. The van der Waals surface area contributed by atoms with E-state index in [1.807, 2.05) is 30.0 Å². The molecule has 1 aromatic carbocycles. The Labute approximate surface area is 180 Å². The highest BCUT2D eigenvalue weighted by atomic mass is 127. The third kappa shape index (κ3) is 7.94. The molecule has 2 rings (SSSR count). The number of guanidine groups is 1. The molecule has 1 aromatic rings. The average Bonchev–Trinajstić information content (AvgIpc) is 3.18. The highest BCUT2D eigenvalue weighted by molar-refractivity contribution is 14.0. The van der Waals surface area contributed by atoms with E-state index in [1.54, 1.807) is 0 Å². The van der Waals surface area contributed by atoms with Crippen LogP contribution in [0.3, 0.4) is 0 Å². The lowest BCUT2D eigenvalue weighted by atomic mass is 10.0. The number of para-hydroxylation sites is 1. The lowest BCUT2D eigenvalue weighted by Gasteiger charge is -2.16. The zero-order valence-electron chi connectivity index (χ0n) is 16.7. The van der Waals surface area contributed by atoms with Crippen molar-refractivity contribution in [2.45, 2.75) is 39.5 Å². The first-order valence-electron chi connectivity index (χ1n) is 9.63. The van der Waals surface area contributed by atoms with Gasteiger partial charge in [0.05, 0.1) is 6.54 Å². The van der Waals surface area contributed by atoms with Crippen molar-refractivity contribution in [3.8, 4) is 5.75 Å². The normalized spacial score (nSPS) is 14.1. The summed E-state index contributed by atoms with van der Waals surface area (Å²) >= 11 is 0. The molecule has 1 fully saturated rings. The van der Waals surface area contributed by atoms with E-state index in [2.05, 4.69) is 35.5 Å². The molecule has 0 radical (unpaired) electrons. The Bertz CT molecular complexity index is 601. The average molecular weight is 488 g/mol. The van der Waals surface area contributed by atoms with Crippen LogP contribution in [0.4, 0.5) is 0 Å². The molecule has 0 bridgehead atoms. The van der Waals surface area contributed by atoms with Crippen LogP contribution in [-0.4, -0.2) is 56.1 Å². The van der Waals surface area contributed by atoms with Gasteiger partial charge in [0, 0.05) is 19.6 Å². The van der Waals surface area contributed by atoms with Gasteiger partial charge in [-0.25, -0.2) is 4.99 Å². The third-order valence-electron chi connectivity index (χ3n) is 4.37. The Morgan fingerprint density at radius 2 is 1.93 bits per heavy atom. The molecule has 0 aromatic heterocycles. The molecule has 7 heteroatoms. The van der Waals surface area contributed by atoms with Crippen LogP contribution in [0.5, 0.6) is 5.75 Å². The number of nitrogens with one attached hydrogen (secondary N) is 2. The molecule has 1 saturated heterocycles. The van der Waals surface area contributed by atoms with Crippen molar-refractivity contribution in [2.75, 3.05) is 39.3 Å². The molecule has 152 valence electrons. The summed E-state index contributed by atoms with van der Waals surface area (Å²) in [5.74, 6) is 2.10. The van der Waals surface area contributed by atoms with Gasteiger partial charge in [0.2, 0.25) is 5.91 Å². The number of hydrogen-bond donors (Lipinski definition) is 2. The number of carbonyl (C=O) groups is 1. The summed E-state index contributed by atoms with van der Waals surface area (Å²) in [4.78, 5) is 18.4. The van der Waals surface area contributed by atoms with E-state index >= 15 is 0 Å². The van der Waals surface area contributed by atoms with E-state index in [0.717, 1.165) is 38.2 Å². The fraction of sp³-hybridized carbons (Fsp3) is 0.600. The zero-order chi connectivity index (χ0) is 18.8. The molecule has 27 heavy (non-hydrogen) atoms. The Hall–Kier alpha value is -1.51. The van der Waals surface area contributed by atoms with Crippen LogP contribution < -0.4 is 15.4 Å². The predicted molar refractivity (Wildman–Crippen MR) is 121 cm³/mol. The summed E-state index contributed by atoms with van der Waals surface area (Å²) in [6, 6.07) is 8.13. The van der Waals surface area contributed by atoms with Crippen molar-refractivity contribution in [1.29, 1.82) is 0 Å². The number of nitrogens with zero attached hydrogens (tertiary/aromatic N) is 2. The Morgan fingerprint density at radius 3 is 2.59 bits per heavy atom. The van der Waals surface area contributed by atoms with E-state index in [0.29, 0.717) is 25.0 Å². The molecule has 0 aliphatic carbocycles. The minimum Gasteiger partial charge on any atom is -0.491 e. The second-order valence-electron chi connectivity index (χ2n) is 6.75. The summed E-state index contributed by atoms with van der Waals surface area (Å²) in [6.45, 7) is 10.1. The topological polar surface area (TPSA) is 66.0 Å². The maximum atomic E-state index is 12.1. The van der Waals surface area contributed by atoms with Crippen LogP contribution in [-0.2, 0) is 4.79 Å². The zero-order valence-corrected chi connectivity index (χ0v) is 19.0. The summed E-state index contributed by atoms with van der Waals surface area (Å²) in [5, 5.41) is 6.40. The van der Waals surface area contributed by atoms with Gasteiger partial charge in [0.25, 0.3) is 0 Å². The maximum absolute atomic E-state index is 12.1. The van der Waals surface area contributed by atoms with E-state index < -0.39 is 0 Å². The lowest BCUT2D eigenvalue weighted by molar-refractivity contribution is -0.128. The monoisotopic (exact) mass is 488 g/mol. The number of benzene rings is 1. The number of likely N-dealkylation sites (tertiary alicyclic amines) is 1. The molecular formula is C20H33IN4O2. The Balaban J connectivity index is 0.00000364. The quantitative estimate of drug-likeness (QED) is 0.256. The molecule has 0 saturated carbocycles. The number of rotatable bonds is 8. The maximum Gasteiger partial charge on any atom is 0.244 e. The van der Waals surface area contributed by atoms with E-state index in [4.69, 9.17) is 4.74 Å². The first-order valence-corrected chi connectivity index (χ1v) is 9.63. The largest absolute Gasteiger partial charge is 0.491 e. The van der Waals surface area contributed by atoms with Gasteiger partial charge in [0.15, 0.2) is 5.96 Å². The van der Waals surface area contributed by atoms with Crippen LogP contribution in [0.25, 0.3) is 0 Å². The van der Waals surface area contributed by atoms with Crippen LogP contribution in [0.2, 0.25) is 0 Å². The van der Waals surface area contributed by atoms with Gasteiger partial charge in [-0.3, -0.25) is 4.79 Å². The highest BCUT2D eigenvalue weighted by Crippen LogP contribution is 2.25. The van der Waals surface area contributed by atoms with Crippen molar-refractivity contribution < 1.29 is 9.53 Å². The molecule has 0 unspecified atom stereocenters. The first kappa shape index (κ1) is 23.5. The molecule has 1 amide bonds. The SMILES string of the molecule is CCNC(=NCC(=O)N1CCCC1)NCCOc1ccccc1C(C)C.I. The van der Waals surface area contributed by atoms with Crippen molar-refractivity contribution >= 4 is 35.8 Å². The number of ether oxygens (including phenoxy) is 1. The van der Waals surface area contributed by atoms with Crippen LogP contribution in [0, 0.1) is 0 Å². The van der Waals surface area contributed by atoms with Gasteiger partial charge in [-0.2, -0.15) is 0 Å². The summed E-state index contributed by atoms with van der Waals surface area (Å²) in [6.07, 6.45) is 2.20. The number of hydrogen-bond acceptors (Lipinski definition) is 3. The number of amides is 1. The molecular weight excluding hydrogens is 455 g/mol. The van der Waals surface area contributed by atoms with E-state index in [1.165, 1.54) is 5.56 Å². The fourth-order valence-electron chi connectivity index (χ4n) is 2.97. The van der Waals surface area contributed by atoms with Gasteiger partial charge >= 0.3 is 0 Å². The summed E-state index contributed by atoms with van der Waals surface area (Å²) < 4.78 is 5.91. The first-order chi connectivity index (χ1) is 12.6. The number of halogens is 1. The minimum atomic E-state index is 0. The van der Waals surface area contributed by atoms with Crippen molar-refractivity contribution in [1.82, 2.24) is 15.5 Å². The van der Waals surface area contributed by atoms with Gasteiger partial charge in [-0.1, -0.05) is 32.0 Å². The summed E-state index contributed by atoms with van der Waals surface area (Å²) in [7, 11) is 0. The Morgan fingerprint density at radius 1 is 1.22 bits per heavy atom. The predicted octanol–water partition coefficient (Wildman–Crippen LogP) is 2.98. The molecule has 0 atom stereocenters. The van der Waals surface area contributed by atoms with Crippen LogP contribution >= 0.6 is 24.0 Å². The fourth-order valence-corrected chi connectivity index (χ4v) is 2.97. The van der Waals surface area contributed by atoms with Gasteiger partial charge < -0.3 is 20.3 Å². The molecule has 0 spiro atoms. The lowest BCUT2D eigenvalue weighted by Crippen LogP contribution is -2.40. The van der Waals surface area contributed by atoms with Crippen molar-refractivity contribution in [3.05, 3.63) is 29.8 Å². The molecule has 1 aliphatic rings. The van der Waals surface area contributed by atoms with Crippen molar-refractivity contribution in [3.63, 3.8) is 0 Å². The number of carbonyl (C=O) groups excluding carboxylic acids is 1. The molecule has 1 aliphatic heterocycles. The second kappa shape index (κ2) is 12.8. The smallest absolute Gasteiger partial charge is 0.244 e. The van der Waals surface area contributed by atoms with E-state index in [-0.39, 0.29) is 36.4 Å². The van der Waals surface area contributed by atoms with Crippen LogP contribution in [0.1, 0.15) is 45.1 Å². The van der Waals surface area contributed by atoms with Gasteiger partial charge in [-0.15, -0.1) is 24.0 Å². The van der Waals surface area contributed by atoms with E-state index in [9.17, 15) is 4.79 Å². The summed E-state index contributed by atoms with van der Waals surface area (Å²) in [5.41, 5.74) is 1.21. The highest BCUT2D eigenvalue weighted by Gasteiger charge is 2.17. The second-order valence-corrected chi connectivity index (χ2v) is 6.75. The van der Waals surface area contributed by atoms with Crippen LogP contribution in [0.15, 0.2) is 29.3 Å². The molecule has 2 N–H and O–H groups in total. The van der Waals surface area contributed by atoms with Gasteiger partial charge in [0.1, 0.15) is 18.9 Å². The number of aliphatic imine (C=N–C) groups is 1. The minimum absolute atomic E-state index is 0. The Kier molecular flexibility index (Phi) is 11.2. The standard InChI is InChI=1S/C20H32N4O2.HI/c1-4-21-20(23-15-19(25)24-12-7-8-13-24)22-11-14-26-18-10-6-5-9-17(18)16(2)3;/h5-6,9-10,16H,4,7-8,11-15H2,1-3H3,(H2,21,22,23);1H. The molecule has 1 heterocycles. The van der Waals surface area contributed by atoms with Gasteiger partial charge in [-0.05, 0) is 37.3 Å². The van der Waals surface area contributed by atoms with Crippen molar-refractivity contribution in [2.24, 2.45) is 4.99 Å².